The first-order valence-corrected chi connectivity index (χ1v) is 11.7. The van der Waals surface area contributed by atoms with Gasteiger partial charge in [-0.05, 0) is 120 Å². The molecule has 16 atom stereocenters. The highest BCUT2D eigenvalue weighted by Crippen LogP contribution is 2.81. The van der Waals surface area contributed by atoms with Gasteiger partial charge >= 0.3 is 0 Å². The fourth-order valence-corrected chi connectivity index (χ4v) is 12.3. The minimum absolute atomic E-state index is 0.326. The van der Waals surface area contributed by atoms with Gasteiger partial charge in [0, 0.05) is 13.2 Å². The molecular formula is C24H32O2. The van der Waals surface area contributed by atoms with Gasteiger partial charge in [0.05, 0.1) is 0 Å². The summed E-state index contributed by atoms with van der Waals surface area (Å²) in [4.78, 5) is 0. The summed E-state index contributed by atoms with van der Waals surface area (Å²) in [7, 11) is 0. The van der Waals surface area contributed by atoms with Crippen molar-refractivity contribution in [1.82, 2.24) is 0 Å². The van der Waals surface area contributed by atoms with Crippen LogP contribution in [0.25, 0.3) is 0 Å². The molecule has 0 saturated heterocycles. The lowest BCUT2D eigenvalue weighted by Gasteiger charge is -2.51. The van der Waals surface area contributed by atoms with Crippen molar-refractivity contribution in [3.05, 3.63) is 12.2 Å². The maximum absolute atomic E-state index is 10.0. The highest BCUT2D eigenvalue weighted by Gasteiger charge is 2.76. The first-order chi connectivity index (χ1) is 12.8. The van der Waals surface area contributed by atoms with Crippen LogP contribution < -0.4 is 0 Å². The molecule has 0 radical (unpaired) electrons. The smallest absolute Gasteiger partial charge is 0.0465 e. The summed E-state index contributed by atoms with van der Waals surface area (Å²) >= 11 is 0. The largest absolute Gasteiger partial charge is 0.396 e. The van der Waals surface area contributed by atoms with Crippen LogP contribution >= 0.6 is 0 Å². The van der Waals surface area contributed by atoms with Gasteiger partial charge in [-0.3, -0.25) is 0 Å². The average Bonchev–Trinajstić information content (AvgIpc) is 3.46. The first kappa shape index (κ1) is 14.6. The summed E-state index contributed by atoms with van der Waals surface area (Å²) in [5, 5.41) is 20.1. The molecule has 0 aromatic carbocycles. The van der Waals surface area contributed by atoms with Gasteiger partial charge < -0.3 is 10.2 Å². The summed E-state index contributed by atoms with van der Waals surface area (Å²) in [6.07, 6.45) is 11.1. The zero-order chi connectivity index (χ0) is 16.9. The summed E-state index contributed by atoms with van der Waals surface area (Å²) < 4.78 is 0. The van der Waals surface area contributed by atoms with Crippen molar-refractivity contribution in [2.45, 2.75) is 25.7 Å². The SMILES string of the molecule is OCC1C(CO)C2CC1C1C3CC(C21)C1C2CC(C4C5C=CC(C5)C24)C31. The Morgan fingerprint density at radius 3 is 1.35 bits per heavy atom. The van der Waals surface area contributed by atoms with Crippen molar-refractivity contribution in [3.63, 3.8) is 0 Å². The van der Waals surface area contributed by atoms with Crippen molar-refractivity contribution < 1.29 is 10.2 Å². The van der Waals surface area contributed by atoms with Gasteiger partial charge in [-0.15, -0.1) is 0 Å². The Hall–Kier alpha value is -0.340. The van der Waals surface area contributed by atoms with E-state index in [1.165, 1.54) is 19.3 Å². The van der Waals surface area contributed by atoms with Crippen molar-refractivity contribution in [2.24, 2.45) is 94.7 Å². The quantitative estimate of drug-likeness (QED) is 0.592. The molecule has 0 heterocycles. The van der Waals surface area contributed by atoms with E-state index in [4.69, 9.17) is 0 Å². The lowest BCUT2D eigenvalue weighted by Crippen LogP contribution is -2.49. The second-order valence-corrected chi connectivity index (χ2v) is 11.8. The van der Waals surface area contributed by atoms with E-state index in [9.17, 15) is 10.2 Å². The molecule has 2 nitrogen and oxygen atoms in total. The van der Waals surface area contributed by atoms with Gasteiger partial charge in [0.2, 0.25) is 0 Å². The number of rotatable bonds is 2. The third kappa shape index (κ3) is 1.30. The maximum Gasteiger partial charge on any atom is 0.0465 e. The summed E-state index contributed by atoms with van der Waals surface area (Å²) in [6, 6.07) is 0. The zero-order valence-electron chi connectivity index (χ0n) is 15.5. The van der Waals surface area contributed by atoms with Crippen LogP contribution in [0.15, 0.2) is 12.2 Å². The minimum Gasteiger partial charge on any atom is -0.396 e. The highest BCUT2D eigenvalue weighted by atomic mass is 16.3. The second kappa shape index (κ2) is 4.46. The molecule has 2 N–H and O–H groups in total. The molecule has 7 fully saturated rings. The van der Waals surface area contributed by atoms with Crippen LogP contribution in [-0.4, -0.2) is 23.4 Å². The monoisotopic (exact) mass is 352 g/mol. The van der Waals surface area contributed by atoms with E-state index >= 15 is 0 Å². The molecular weight excluding hydrogens is 320 g/mol. The molecule has 16 unspecified atom stereocenters. The van der Waals surface area contributed by atoms with Crippen LogP contribution in [0.4, 0.5) is 0 Å². The van der Waals surface area contributed by atoms with Crippen molar-refractivity contribution in [3.8, 4) is 0 Å². The summed E-state index contributed by atoms with van der Waals surface area (Å²) in [5.74, 6) is 14.4. The second-order valence-electron chi connectivity index (χ2n) is 11.8. The number of hydrogen-bond acceptors (Lipinski definition) is 2. The molecule has 140 valence electrons. The molecule has 0 spiro atoms. The Bertz CT molecular complexity index is 646. The van der Waals surface area contributed by atoms with E-state index in [1.54, 1.807) is 6.42 Å². The molecule has 0 amide bonds. The molecule has 26 heavy (non-hydrogen) atoms. The Morgan fingerprint density at radius 2 is 0.885 bits per heavy atom. The van der Waals surface area contributed by atoms with E-state index in [0.29, 0.717) is 25.0 Å². The van der Waals surface area contributed by atoms with Crippen molar-refractivity contribution in [2.75, 3.05) is 13.2 Å². The predicted octanol–water partition coefficient (Wildman–Crippen LogP) is 3.06. The van der Waals surface area contributed by atoms with Crippen LogP contribution in [0.2, 0.25) is 0 Å². The zero-order valence-corrected chi connectivity index (χ0v) is 15.5. The van der Waals surface area contributed by atoms with Gasteiger partial charge in [0.25, 0.3) is 0 Å². The molecule has 8 rings (SSSR count). The number of allylic oxidation sites excluding steroid dienone is 2. The van der Waals surface area contributed by atoms with Gasteiger partial charge in [0.15, 0.2) is 0 Å². The van der Waals surface area contributed by atoms with Crippen molar-refractivity contribution >= 4 is 0 Å². The molecule has 8 bridgehead atoms. The third-order valence-electron chi connectivity index (χ3n) is 12.1. The standard InChI is InChI=1S/C24H32O2/c25-7-17-11-4-12(18(17)8-26)22-16-6-15(21(11)22)23-13-5-14(24(16)23)20-10-2-1-9(3-10)19(13)20/h1-2,9-26H,3-8H2. The number of aliphatic hydroxyl groups excluding tert-OH is 2. The molecule has 7 saturated carbocycles. The van der Waals surface area contributed by atoms with E-state index in [0.717, 1.165) is 82.9 Å². The Kier molecular flexibility index (Phi) is 2.51. The predicted molar refractivity (Wildman–Crippen MR) is 97.6 cm³/mol. The van der Waals surface area contributed by atoms with Gasteiger partial charge in [-0.1, -0.05) is 12.2 Å². The lowest BCUT2D eigenvalue weighted by atomic mass is 9.53. The molecule has 0 aromatic rings. The lowest BCUT2D eigenvalue weighted by molar-refractivity contribution is -0.0594. The van der Waals surface area contributed by atoms with E-state index in [-0.39, 0.29) is 0 Å². The van der Waals surface area contributed by atoms with E-state index in [2.05, 4.69) is 12.2 Å². The molecule has 0 aliphatic heterocycles. The fourth-order valence-electron chi connectivity index (χ4n) is 12.3. The number of aliphatic hydroxyl groups is 2. The highest BCUT2D eigenvalue weighted by molar-refractivity contribution is 5.27. The van der Waals surface area contributed by atoms with Crippen LogP contribution in [0.1, 0.15) is 25.7 Å². The fraction of sp³-hybridized carbons (Fsp3) is 0.917. The van der Waals surface area contributed by atoms with E-state index in [1.807, 2.05) is 0 Å². The van der Waals surface area contributed by atoms with Crippen LogP contribution in [0, 0.1) is 94.7 Å². The maximum atomic E-state index is 10.0. The normalized spacial score (nSPS) is 72.5. The van der Waals surface area contributed by atoms with Gasteiger partial charge in [-0.2, -0.15) is 0 Å². The Labute approximate surface area is 156 Å². The third-order valence-corrected chi connectivity index (χ3v) is 12.1. The molecule has 0 aromatic heterocycles. The Morgan fingerprint density at radius 1 is 0.500 bits per heavy atom. The summed E-state index contributed by atoms with van der Waals surface area (Å²) in [5.41, 5.74) is 0. The van der Waals surface area contributed by atoms with Crippen LogP contribution in [0.3, 0.4) is 0 Å². The summed E-state index contributed by atoms with van der Waals surface area (Å²) in [6.45, 7) is 0.652. The average molecular weight is 353 g/mol. The first-order valence-electron chi connectivity index (χ1n) is 11.7. The topological polar surface area (TPSA) is 40.5 Å². The molecule has 8 aliphatic rings. The minimum atomic E-state index is 0.326. The van der Waals surface area contributed by atoms with Crippen molar-refractivity contribution in [1.29, 1.82) is 0 Å². The number of fused-ring (bicyclic) bond motifs is 23. The van der Waals surface area contributed by atoms with Crippen LogP contribution in [-0.2, 0) is 0 Å². The van der Waals surface area contributed by atoms with Gasteiger partial charge in [0.1, 0.15) is 0 Å². The Balaban J connectivity index is 1.19. The van der Waals surface area contributed by atoms with E-state index < -0.39 is 0 Å². The number of hydrogen-bond donors (Lipinski definition) is 2. The van der Waals surface area contributed by atoms with Gasteiger partial charge in [-0.25, -0.2) is 0 Å². The molecule has 8 aliphatic carbocycles. The molecule has 2 heteroatoms. The van der Waals surface area contributed by atoms with Crippen LogP contribution in [0.5, 0.6) is 0 Å².